The Morgan fingerprint density at radius 1 is 1.09 bits per heavy atom. The minimum atomic E-state index is -0.502. The topological polar surface area (TPSA) is 67.9 Å². The van der Waals surface area contributed by atoms with Crippen molar-refractivity contribution in [2.24, 2.45) is 5.92 Å². The molecule has 3 rings (SSSR count). The highest BCUT2D eigenvalue weighted by atomic mass is 16.7. The largest absolute Gasteiger partial charge is 0.454 e. The van der Waals surface area contributed by atoms with Crippen molar-refractivity contribution < 1.29 is 19.1 Å². The van der Waals surface area contributed by atoms with Gasteiger partial charge in [-0.2, -0.15) is 0 Å². The van der Waals surface area contributed by atoms with E-state index in [0.717, 1.165) is 22.4 Å². The van der Waals surface area contributed by atoms with Gasteiger partial charge in [0.1, 0.15) is 6.04 Å². The highest BCUT2D eigenvalue weighted by Gasteiger charge is 2.28. The van der Waals surface area contributed by atoms with Gasteiger partial charge in [-0.15, -0.1) is 0 Å². The van der Waals surface area contributed by atoms with E-state index in [4.69, 9.17) is 9.47 Å². The van der Waals surface area contributed by atoms with Gasteiger partial charge in [0.25, 0.3) is 0 Å². The molecular weight excluding hydrogens is 404 g/mol. The SMILES string of the molecule is CCC(C(=O)NCC(C)C)N(Cc1ccccc1C)C(=O)CCc1ccc2c(c1)OCO2. The number of aryl methyl sites for hydroxylation is 2. The number of nitrogens with zero attached hydrogens (tertiary/aromatic N) is 1. The second-order valence-corrected chi connectivity index (χ2v) is 8.70. The van der Waals surface area contributed by atoms with Gasteiger partial charge in [-0.05, 0) is 54.5 Å². The first-order chi connectivity index (χ1) is 15.4. The molecule has 0 aromatic heterocycles. The maximum absolute atomic E-state index is 13.4. The van der Waals surface area contributed by atoms with Crippen molar-refractivity contribution in [3.63, 3.8) is 0 Å². The number of ether oxygens (including phenoxy) is 2. The lowest BCUT2D eigenvalue weighted by Crippen LogP contribution is -2.49. The number of nitrogens with one attached hydrogen (secondary N) is 1. The van der Waals surface area contributed by atoms with Crippen molar-refractivity contribution in [1.29, 1.82) is 0 Å². The third kappa shape index (κ3) is 6.02. The number of hydrogen-bond acceptors (Lipinski definition) is 4. The van der Waals surface area contributed by atoms with Crippen LogP contribution in [0.4, 0.5) is 0 Å². The van der Waals surface area contributed by atoms with Crippen LogP contribution in [-0.4, -0.2) is 36.1 Å². The maximum Gasteiger partial charge on any atom is 0.242 e. The summed E-state index contributed by atoms with van der Waals surface area (Å²) in [7, 11) is 0. The number of carbonyl (C=O) groups is 2. The number of amides is 2. The van der Waals surface area contributed by atoms with E-state index in [1.807, 2.05) is 56.3 Å². The normalized spacial score (nSPS) is 13.2. The third-order valence-electron chi connectivity index (χ3n) is 5.74. The van der Waals surface area contributed by atoms with Gasteiger partial charge < -0.3 is 19.7 Å². The zero-order valence-corrected chi connectivity index (χ0v) is 19.5. The minimum Gasteiger partial charge on any atom is -0.454 e. The molecule has 0 bridgehead atoms. The van der Waals surface area contributed by atoms with Crippen molar-refractivity contribution in [3.8, 4) is 11.5 Å². The number of fused-ring (bicyclic) bond motifs is 1. The Morgan fingerprint density at radius 2 is 1.84 bits per heavy atom. The van der Waals surface area contributed by atoms with Gasteiger partial charge in [-0.1, -0.05) is 51.1 Å². The quantitative estimate of drug-likeness (QED) is 0.603. The van der Waals surface area contributed by atoms with Crippen LogP contribution in [0, 0.1) is 12.8 Å². The Balaban J connectivity index is 1.76. The third-order valence-corrected chi connectivity index (χ3v) is 5.74. The Bertz CT molecular complexity index is 941. The van der Waals surface area contributed by atoms with Gasteiger partial charge in [0, 0.05) is 19.5 Å². The molecule has 1 unspecified atom stereocenters. The lowest BCUT2D eigenvalue weighted by atomic mass is 10.0. The zero-order valence-electron chi connectivity index (χ0n) is 19.5. The van der Waals surface area contributed by atoms with Gasteiger partial charge >= 0.3 is 0 Å². The van der Waals surface area contributed by atoms with Crippen LogP contribution in [0.2, 0.25) is 0 Å². The molecule has 0 radical (unpaired) electrons. The summed E-state index contributed by atoms with van der Waals surface area (Å²) in [5.41, 5.74) is 3.17. The molecule has 172 valence electrons. The highest BCUT2D eigenvalue weighted by molar-refractivity contribution is 5.87. The number of hydrogen-bond donors (Lipinski definition) is 1. The van der Waals surface area contributed by atoms with Crippen LogP contribution in [0.15, 0.2) is 42.5 Å². The molecule has 1 aliphatic rings. The summed E-state index contributed by atoms with van der Waals surface area (Å²) >= 11 is 0. The molecule has 6 nitrogen and oxygen atoms in total. The van der Waals surface area contributed by atoms with Gasteiger partial charge in [-0.25, -0.2) is 0 Å². The smallest absolute Gasteiger partial charge is 0.242 e. The number of benzene rings is 2. The van der Waals surface area contributed by atoms with E-state index < -0.39 is 6.04 Å². The van der Waals surface area contributed by atoms with Crippen LogP contribution in [-0.2, 0) is 22.6 Å². The maximum atomic E-state index is 13.4. The molecule has 0 aliphatic carbocycles. The second-order valence-electron chi connectivity index (χ2n) is 8.70. The number of carbonyl (C=O) groups excluding carboxylic acids is 2. The van der Waals surface area contributed by atoms with Crippen molar-refractivity contribution in [2.75, 3.05) is 13.3 Å². The summed E-state index contributed by atoms with van der Waals surface area (Å²) in [5, 5.41) is 3.01. The van der Waals surface area contributed by atoms with Crippen LogP contribution < -0.4 is 14.8 Å². The first-order valence-corrected chi connectivity index (χ1v) is 11.4. The lowest BCUT2D eigenvalue weighted by molar-refractivity contribution is -0.141. The van der Waals surface area contributed by atoms with E-state index in [9.17, 15) is 9.59 Å². The molecule has 2 aromatic rings. The van der Waals surface area contributed by atoms with Crippen LogP contribution in [0.25, 0.3) is 0 Å². The summed E-state index contributed by atoms with van der Waals surface area (Å²) in [4.78, 5) is 28.1. The molecule has 0 spiro atoms. The number of rotatable bonds is 10. The molecule has 0 fully saturated rings. The highest BCUT2D eigenvalue weighted by Crippen LogP contribution is 2.32. The van der Waals surface area contributed by atoms with Gasteiger partial charge in [0.15, 0.2) is 11.5 Å². The lowest BCUT2D eigenvalue weighted by Gasteiger charge is -2.31. The molecular formula is C26H34N2O4. The first-order valence-electron chi connectivity index (χ1n) is 11.4. The van der Waals surface area contributed by atoms with Crippen LogP contribution in [0.5, 0.6) is 11.5 Å². The van der Waals surface area contributed by atoms with Crippen LogP contribution in [0.1, 0.15) is 50.3 Å². The molecule has 0 saturated carbocycles. The van der Waals surface area contributed by atoms with Crippen molar-refractivity contribution in [3.05, 3.63) is 59.2 Å². The van der Waals surface area contributed by atoms with Crippen molar-refractivity contribution in [1.82, 2.24) is 10.2 Å². The summed E-state index contributed by atoms with van der Waals surface area (Å²) < 4.78 is 10.8. The molecule has 6 heteroatoms. The van der Waals surface area contributed by atoms with E-state index in [2.05, 4.69) is 19.2 Å². The summed E-state index contributed by atoms with van der Waals surface area (Å²) in [5.74, 6) is 1.67. The molecule has 0 saturated heterocycles. The van der Waals surface area contributed by atoms with E-state index in [-0.39, 0.29) is 18.6 Å². The Kier molecular flexibility index (Phi) is 8.14. The Morgan fingerprint density at radius 3 is 2.56 bits per heavy atom. The fourth-order valence-electron chi connectivity index (χ4n) is 3.80. The van der Waals surface area contributed by atoms with Gasteiger partial charge in [-0.3, -0.25) is 9.59 Å². The minimum absolute atomic E-state index is 0.0301. The van der Waals surface area contributed by atoms with Crippen molar-refractivity contribution in [2.45, 2.75) is 59.5 Å². The standard InChI is InChI=1S/C26H34N2O4/c1-5-22(26(30)27-15-18(2)3)28(16-21-9-7-6-8-19(21)4)25(29)13-11-20-10-12-23-24(14-20)32-17-31-23/h6-10,12,14,18,22H,5,11,13,15-17H2,1-4H3,(H,27,30). The molecule has 1 heterocycles. The predicted molar refractivity (Wildman–Crippen MR) is 125 cm³/mol. The predicted octanol–water partition coefficient (Wildman–Crippen LogP) is 4.24. The van der Waals surface area contributed by atoms with E-state index in [0.29, 0.717) is 44.0 Å². The van der Waals surface area contributed by atoms with E-state index in [1.165, 1.54) is 0 Å². The molecule has 1 atom stereocenters. The first kappa shape index (κ1) is 23.6. The molecule has 1 aliphatic heterocycles. The van der Waals surface area contributed by atoms with Crippen LogP contribution in [0.3, 0.4) is 0 Å². The zero-order chi connectivity index (χ0) is 23.1. The average molecular weight is 439 g/mol. The molecule has 1 N–H and O–H groups in total. The summed E-state index contributed by atoms with van der Waals surface area (Å²) in [6.07, 6.45) is 1.45. The Labute approximate surface area is 190 Å². The molecule has 32 heavy (non-hydrogen) atoms. The molecule has 2 amide bonds. The monoisotopic (exact) mass is 438 g/mol. The van der Waals surface area contributed by atoms with Gasteiger partial charge in [0.05, 0.1) is 0 Å². The fraction of sp³-hybridized carbons (Fsp3) is 0.462. The summed E-state index contributed by atoms with van der Waals surface area (Å²) in [6.45, 7) is 9.34. The van der Waals surface area contributed by atoms with Crippen molar-refractivity contribution >= 4 is 11.8 Å². The Hall–Kier alpha value is -3.02. The fourth-order valence-corrected chi connectivity index (χ4v) is 3.80. The van der Waals surface area contributed by atoms with E-state index in [1.54, 1.807) is 4.90 Å². The molecule has 2 aromatic carbocycles. The van der Waals surface area contributed by atoms with Gasteiger partial charge in [0.2, 0.25) is 18.6 Å². The summed E-state index contributed by atoms with van der Waals surface area (Å²) in [6, 6.07) is 13.3. The van der Waals surface area contributed by atoms with E-state index >= 15 is 0 Å². The average Bonchev–Trinajstić information content (AvgIpc) is 3.25. The van der Waals surface area contributed by atoms with Crippen LogP contribution >= 0.6 is 0 Å². The second kappa shape index (κ2) is 11.0.